The Morgan fingerprint density at radius 3 is 2.78 bits per heavy atom. The smallest absolute Gasteiger partial charge is 0.252 e. The predicted octanol–water partition coefficient (Wildman–Crippen LogP) is 1.50. The molecule has 1 aliphatic heterocycles. The van der Waals surface area contributed by atoms with Crippen molar-refractivity contribution in [2.24, 2.45) is 0 Å². The first-order valence-corrected chi connectivity index (χ1v) is 8.67. The van der Waals surface area contributed by atoms with Crippen LogP contribution in [0, 0.1) is 0 Å². The number of nitrogens with one attached hydrogen (secondary N) is 2. The van der Waals surface area contributed by atoms with Crippen molar-refractivity contribution in [3.05, 3.63) is 53.6 Å². The van der Waals surface area contributed by atoms with Crippen LogP contribution >= 0.6 is 0 Å². The molecule has 1 fully saturated rings. The van der Waals surface area contributed by atoms with Crippen molar-refractivity contribution in [1.82, 2.24) is 25.6 Å². The van der Waals surface area contributed by atoms with Crippen molar-refractivity contribution in [3.8, 4) is 5.75 Å². The van der Waals surface area contributed by atoms with Crippen LogP contribution in [0.25, 0.3) is 11.0 Å². The monoisotopic (exact) mass is 365 g/mol. The zero-order chi connectivity index (χ0) is 18.8. The summed E-state index contributed by atoms with van der Waals surface area (Å²) in [5, 5.41) is 13.3. The van der Waals surface area contributed by atoms with Gasteiger partial charge in [-0.05, 0) is 42.3 Å². The number of carbonyl (C=O) groups excluding carboxylic acids is 2. The van der Waals surface area contributed by atoms with E-state index in [1.165, 1.54) is 0 Å². The summed E-state index contributed by atoms with van der Waals surface area (Å²) in [5.74, 6) is 0.423. The van der Waals surface area contributed by atoms with Gasteiger partial charge < -0.3 is 15.0 Å². The van der Waals surface area contributed by atoms with Gasteiger partial charge in [0.2, 0.25) is 5.91 Å². The number of H-pyrrole nitrogens is 1. The number of hydrogen-bond acceptors (Lipinski definition) is 5. The summed E-state index contributed by atoms with van der Waals surface area (Å²) in [4.78, 5) is 26.9. The topological polar surface area (TPSA) is 100 Å². The van der Waals surface area contributed by atoms with Gasteiger partial charge in [-0.25, -0.2) is 0 Å². The molecule has 0 spiro atoms. The molecule has 1 atom stereocenters. The lowest BCUT2D eigenvalue weighted by Crippen LogP contribution is -2.41. The van der Waals surface area contributed by atoms with Crippen LogP contribution in [0.15, 0.2) is 42.5 Å². The van der Waals surface area contributed by atoms with Gasteiger partial charge in [0, 0.05) is 18.7 Å². The molecular weight excluding hydrogens is 346 g/mol. The average Bonchev–Trinajstić information content (AvgIpc) is 3.30. The summed E-state index contributed by atoms with van der Waals surface area (Å²) >= 11 is 0. The van der Waals surface area contributed by atoms with Crippen molar-refractivity contribution in [2.75, 3.05) is 13.7 Å². The second-order valence-electron chi connectivity index (χ2n) is 6.45. The van der Waals surface area contributed by atoms with Gasteiger partial charge in [-0.1, -0.05) is 12.1 Å². The van der Waals surface area contributed by atoms with Crippen LogP contribution in [0.2, 0.25) is 0 Å². The maximum Gasteiger partial charge on any atom is 0.252 e. The molecule has 0 saturated carbocycles. The number of rotatable bonds is 5. The van der Waals surface area contributed by atoms with E-state index in [1.807, 2.05) is 24.3 Å². The Morgan fingerprint density at radius 1 is 1.22 bits per heavy atom. The van der Waals surface area contributed by atoms with Crippen LogP contribution in [0.4, 0.5) is 0 Å². The van der Waals surface area contributed by atoms with Gasteiger partial charge in [-0.3, -0.25) is 9.59 Å². The average molecular weight is 365 g/mol. The Bertz CT molecular complexity index is 982. The minimum absolute atomic E-state index is 0.0679. The van der Waals surface area contributed by atoms with Crippen molar-refractivity contribution < 1.29 is 14.3 Å². The molecular formula is C19H19N5O3. The number of nitrogens with zero attached hydrogens (tertiary/aromatic N) is 3. The van der Waals surface area contributed by atoms with E-state index >= 15 is 0 Å². The number of aromatic amines is 1. The first kappa shape index (κ1) is 17.0. The highest BCUT2D eigenvalue weighted by atomic mass is 16.5. The number of fused-ring (bicyclic) bond motifs is 1. The molecule has 0 bridgehead atoms. The predicted molar refractivity (Wildman–Crippen MR) is 98.2 cm³/mol. The minimum Gasteiger partial charge on any atom is -0.497 e. The summed E-state index contributed by atoms with van der Waals surface area (Å²) in [5.41, 5.74) is 2.78. The SMILES string of the molecule is COc1ccc(CN2CCC(NC(=O)c3ccc4n[nH]nc4c3)C2=O)cc1. The van der Waals surface area contributed by atoms with Gasteiger partial charge in [-0.15, -0.1) is 0 Å². The lowest BCUT2D eigenvalue weighted by Gasteiger charge is -2.17. The van der Waals surface area contributed by atoms with Crippen LogP contribution in [0.1, 0.15) is 22.3 Å². The fourth-order valence-electron chi connectivity index (χ4n) is 3.20. The fourth-order valence-corrected chi connectivity index (χ4v) is 3.20. The van der Waals surface area contributed by atoms with Crippen LogP contribution in [0.5, 0.6) is 5.75 Å². The number of methoxy groups -OCH3 is 1. The summed E-state index contributed by atoms with van der Waals surface area (Å²) in [7, 11) is 1.62. The van der Waals surface area contributed by atoms with Gasteiger partial charge in [0.15, 0.2) is 0 Å². The molecule has 1 aliphatic rings. The molecule has 4 rings (SSSR count). The Balaban J connectivity index is 1.39. The molecule has 2 amide bonds. The molecule has 1 unspecified atom stereocenters. The summed E-state index contributed by atoms with van der Waals surface area (Å²) < 4.78 is 5.15. The van der Waals surface area contributed by atoms with E-state index in [4.69, 9.17) is 4.74 Å². The number of aromatic nitrogens is 3. The lowest BCUT2D eigenvalue weighted by atomic mass is 10.1. The number of ether oxygens (including phenoxy) is 1. The van der Waals surface area contributed by atoms with Crippen molar-refractivity contribution in [1.29, 1.82) is 0 Å². The van der Waals surface area contributed by atoms with Gasteiger partial charge >= 0.3 is 0 Å². The molecule has 8 heteroatoms. The Kier molecular flexibility index (Phi) is 4.45. The summed E-state index contributed by atoms with van der Waals surface area (Å²) in [6, 6.07) is 12.2. The second-order valence-corrected chi connectivity index (χ2v) is 6.45. The summed E-state index contributed by atoms with van der Waals surface area (Å²) in [6.07, 6.45) is 0.590. The number of hydrogen-bond donors (Lipinski definition) is 2. The van der Waals surface area contributed by atoms with Crippen molar-refractivity contribution in [3.63, 3.8) is 0 Å². The normalized spacial score (nSPS) is 16.7. The molecule has 3 aromatic rings. The number of carbonyl (C=O) groups is 2. The fraction of sp³-hybridized carbons (Fsp3) is 0.263. The first-order valence-electron chi connectivity index (χ1n) is 8.67. The van der Waals surface area contributed by atoms with Crippen LogP contribution in [0.3, 0.4) is 0 Å². The number of amides is 2. The van der Waals surface area contributed by atoms with Gasteiger partial charge in [0.05, 0.1) is 7.11 Å². The molecule has 0 radical (unpaired) electrons. The molecule has 2 N–H and O–H groups in total. The molecule has 8 nitrogen and oxygen atoms in total. The van der Waals surface area contributed by atoms with Crippen LogP contribution < -0.4 is 10.1 Å². The highest BCUT2D eigenvalue weighted by molar-refractivity contribution is 6.00. The number of benzene rings is 2. The first-order chi connectivity index (χ1) is 13.1. The van der Waals surface area contributed by atoms with E-state index in [1.54, 1.807) is 30.2 Å². The van der Waals surface area contributed by atoms with E-state index in [0.29, 0.717) is 36.1 Å². The third-order valence-corrected chi connectivity index (χ3v) is 4.71. The Hall–Kier alpha value is -3.42. The number of likely N-dealkylation sites (tertiary alicyclic amines) is 1. The van der Waals surface area contributed by atoms with E-state index in [0.717, 1.165) is 11.3 Å². The van der Waals surface area contributed by atoms with E-state index < -0.39 is 6.04 Å². The standard InChI is InChI=1S/C19H19N5O3/c1-27-14-5-2-12(3-6-14)11-24-9-8-16(19(24)26)20-18(25)13-4-7-15-17(10-13)22-23-21-15/h2-7,10,16H,8-9,11H2,1H3,(H,20,25)(H,21,22,23). The largest absolute Gasteiger partial charge is 0.497 e. The van der Waals surface area contributed by atoms with Gasteiger partial charge in [0.1, 0.15) is 22.8 Å². The maximum absolute atomic E-state index is 12.6. The van der Waals surface area contributed by atoms with Crippen molar-refractivity contribution >= 4 is 22.8 Å². The van der Waals surface area contributed by atoms with E-state index in [-0.39, 0.29) is 11.8 Å². The van der Waals surface area contributed by atoms with Crippen LogP contribution in [-0.4, -0.2) is 51.8 Å². The van der Waals surface area contributed by atoms with Gasteiger partial charge in [0.25, 0.3) is 5.91 Å². The third kappa shape index (κ3) is 3.46. The van der Waals surface area contributed by atoms with E-state index in [2.05, 4.69) is 20.7 Å². The highest BCUT2D eigenvalue weighted by Gasteiger charge is 2.32. The van der Waals surface area contributed by atoms with Crippen LogP contribution in [-0.2, 0) is 11.3 Å². The zero-order valence-electron chi connectivity index (χ0n) is 14.8. The van der Waals surface area contributed by atoms with Gasteiger partial charge in [-0.2, -0.15) is 15.4 Å². The molecule has 138 valence electrons. The second kappa shape index (κ2) is 7.06. The van der Waals surface area contributed by atoms with E-state index in [9.17, 15) is 9.59 Å². The highest BCUT2D eigenvalue weighted by Crippen LogP contribution is 2.18. The molecule has 1 saturated heterocycles. The molecule has 1 aromatic heterocycles. The maximum atomic E-state index is 12.6. The molecule has 27 heavy (non-hydrogen) atoms. The quantitative estimate of drug-likeness (QED) is 0.714. The molecule has 2 aromatic carbocycles. The minimum atomic E-state index is -0.510. The van der Waals surface area contributed by atoms with Crippen molar-refractivity contribution in [2.45, 2.75) is 19.0 Å². The lowest BCUT2D eigenvalue weighted by molar-refractivity contribution is -0.129. The summed E-state index contributed by atoms with van der Waals surface area (Å²) in [6.45, 7) is 1.12. The molecule has 2 heterocycles. The Labute approximate surface area is 155 Å². The molecule has 0 aliphatic carbocycles. The third-order valence-electron chi connectivity index (χ3n) is 4.71. The Morgan fingerprint density at radius 2 is 2.00 bits per heavy atom. The zero-order valence-corrected chi connectivity index (χ0v) is 14.8.